The van der Waals surface area contributed by atoms with E-state index in [0.29, 0.717) is 5.69 Å². The van der Waals surface area contributed by atoms with E-state index in [4.69, 9.17) is 4.74 Å². The van der Waals surface area contributed by atoms with Crippen LogP contribution in [0.5, 0.6) is 0 Å². The molecule has 0 saturated carbocycles. The third-order valence-electron chi connectivity index (χ3n) is 3.01. The van der Waals surface area contributed by atoms with Gasteiger partial charge >= 0.3 is 6.09 Å². The van der Waals surface area contributed by atoms with Gasteiger partial charge in [0.25, 0.3) is 0 Å². The van der Waals surface area contributed by atoms with Crippen molar-refractivity contribution in [3.8, 4) is 0 Å². The van der Waals surface area contributed by atoms with Crippen LogP contribution in [-0.2, 0) is 4.74 Å². The van der Waals surface area contributed by atoms with Crippen molar-refractivity contribution in [2.75, 3.05) is 5.32 Å². The number of benzene rings is 2. The maximum Gasteiger partial charge on any atom is 0.412 e. The van der Waals surface area contributed by atoms with Gasteiger partial charge in [-0.1, -0.05) is 55.1 Å². The average molecular weight is 295 g/mol. The summed E-state index contributed by atoms with van der Waals surface area (Å²) in [5, 5.41) is 2.80. The van der Waals surface area contributed by atoms with Crippen molar-refractivity contribution in [3.05, 3.63) is 72.3 Å². The fraction of sp³-hybridized carbons (Fsp3) is 0.211. The minimum absolute atomic E-state index is 0.471. The molecule has 3 heteroatoms. The molecule has 0 bridgehead atoms. The number of ether oxygens (including phenoxy) is 1. The Bertz CT molecular complexity index is 669. The zero-order chi connectivity index (χ0) is 16.2. The van der Waals surface area contributed by atoms with Crippen LogP contribution >= 0.6 is 0 Å². The molecule has 22 heavy (non-hydrogen) atoms. The zero-order valence-electron chi connectivity index (χ0n) is 13.2. The number of anilines is 1. The topological polar surface area (TPSA) is 38.3 Å². The van der Waals surface area contributed by atoms with Gasteiger partial charge in [0, 0.05) is 5.56 Å². The molecule has 0 atom stereocenters. The molecule has 0 radical (unpaired) electrons. The Balaban J connectivity index is 2.24. The van der Waals surface area contributed by atoms with Gasteiger partial charge in [-0.2, -0.15) is 0 Å². The number of hydrogen-bond donors (Lipinski definition) is 1. The molecular formula is C19H21NO2. The Kier molecular flexibility index (Phi) is 4.66. The van der Waals surface area contributed by atoms with Crippen LogP contribution in [0.25, 0.3) is 5.57 Å². The summed E-state index contributed by atoms with van der Waals surface area (Å²) in [4.78, 5) is 12.0. The second-order valence-corrected chi connectivity index (χ2v) is 6.02. The number of para-hydroxylation sites is 1. The van der Waals surface area contributed by atoms with Crippen molar-refractivity contribution >= 4 is 17.4 Å². The van der Waals surface area contributed by atoms with Crippen LogP contribution in [0.2, 0.25) is 0 Å². The van der Waals surface area contributed by atoms with E-state index in [1.807, 2.05) is 75.4 Å². The molecule has 0 aliphatic rings. The van der Waals surface area contributed by atoms with E-state index in [9.17, 15) is 4.79 Å². The number of carbonyl (C=O) groups excluding carboxylic acids is 1. The third-order valence-corrected chi connectivity index (χ3v) is 3.01. The van der Waals surface area contributed by atoms with Gasteiger partial charge in [0.15, 0.2) is 0 Å². The lowest BCUT2D eigenvalue weighted by Gasteiger charge is -2.20. The monoisotopic (exact) mass is 295 g/mol. The number of nitrogens with one attached hydrogen (secondary N) is 1. The van der Waals surface area contributed by atoms with Crippen LogP contribution in [0.4, 0.5) is 10.5 Å². The van der Waals surface area contributed by atoms with Crippen LogP contribution in [0.1, 0.15) is 31.9 Å². The number of rotatable bonds is 3. The van der Waals surface area contributed by atoms with E-state index in [-0.39, 0.29) is 0 Å². The summed E-state index contributed by atoms with van der Waals surface area (Å²) in [5.74, 6) is 0. The second-order valence-electron chi connectivity index (χ2n) is 6.02. The van der Waals surface area contributed by atoms with E-state index in [1.165, 1.54) is 0 Å². The molecule has 0 saturated heterocycles. The smallest absolute Gasteiger partial charge is 0.412 e. The molecule has 0 unspecified atom stereocenters. The van der Waals surface area contributed by atoms with Crippen LogP contribution in [-0.4, -0.2) is 11.7 Å². The van der Waals surface area contributed by atoms with Crippen LogP contribution in [0.3, 0.4) is 0 Å². The quantitative estimate of drug-likeness (QED) is 0.856. The zero-order valence-corrected chi connectivity index (χ0v) is 13.2. The molecular weight excluding hydrogens is 274 g/mol. The molecule has 0 spiro atoms. The SMILES string of the molecule is C=C(c1ccccc1)c1ccccc1NC(=O)OC(C)(C)C. The first-order valence-electron chi connectivity index (χ1n) is 7.20. The molecule has 1 amide bonds. The normalized spacial score (nSPS) is 10.9. The molecule has 0 fully saturated rings. The molecule has 0 aliphatic heterocycles. The molecule has 0 aromatic heterocycles. The first-order valence-corrected chi connectivity index (χ1v) is 7.20. The average Bonchev–Trinajstić information content (AvgIpc) is 2.46. The Hall–Kier alpha value is -2.55. The van der Waals surface area contributed by atoms with Gasteiger partial charge in [0.05, 0.1) is 5.69 Å². The van der Waals surface area contributed by atoms with Gasteiger partial charge in [-0.15, -0.1) is 0 Å². The summed E-state index contributed by atoms with van der Waals surface area (Å²) in [7, 11) is 0. The van der Waals surface area contributed by atoms with Crippen LogP contribution in [0, 0.1) is 0 Å². The number of carbonyl (C=O) groups is 1. The largest absolute Gasteiger partial charge is 0.444 e. The summed E-state index contributed by atoms with van der Waals surface area (Å²) in [6, 6.07) is 17.4. The summed E-state index contributed by atoms with van der Waals surface area (Å²) in [6.45, 7) is 9.65. The Morgan fingerprint density at radius 1 is 1.00 bits per heavy atom. The fourth-order valence-corrected chi connectivity index (χ4v) is 2.06. The molecule has 3 nitrogen and oxygen atoms in total. The van der Waals surface area contributed by atoms with Crippen molar-refractivity contribution in [1.29, 1.82) is 0 Å². The Morgan fingerprint density at radius 3 is 2.23 bits per heavy atom. The van der Waals surface area contributed by atoms with Crippen LogP contribution in [0.15, 0.2) is 61.2 Å². The molecule has 2 rings (SSSR count). The van der Waals surface area contributed by atoms with Gasteiger partial charge < -0.3 is 4.74 Å². The highest BCUT2D eigenvalue weighted by molar-refractivity contribution is 5.92. The van der Waals surface area contributed by atoms with Gasteiger partial charge in [-0.25, -0.2) is 4.79 Å². The highest BCUT2D eigenvalue weighted by Crippen LogP contribution is 2.28. The van der Waals surface area contributed by atoms with Crippen molar-refractivity contribution < 1.29 is 9.53 Å². The first-order chi connectivity index (χ1) is 10.4. The van der Waals surface area contributed by atoms with Crippen molar-refractivity contribution in [1.82, 2.24) is 0 Å². The van der Waals surface area contributed by atoms with Crippen molar-refractivity contribution in [3.63, 3.8) is 0 Å². The van der Waals surface area contributed by atoms with Gasteiger partial charge in [-0.05, 0) is 38.0 Å². The van der Waals surface area contributed by atoms with E-state index >= 15 is 0 Å². The summed E-state index contributed by atoms with van der Waals surface area (Å²) < 4.78 is 5.30. The first kappa shape index (κ1) is 15.8. The number of amides is 1. The highest BCUT2D eigenvalue weighted by atomic mass is 16.6. The molecule has 2 aromatic rings. The van der Waals surface area contributed by atoms with Gasteiger partial charge in [-0.3, -0.25) is 5.32 Å². The lowest BCUT2D eigenvalue weighted by Crippen LogP contribution is -2.27. The van der Waals surface area contributed by atoms with E-state index < -0.39 is 11.7 Å². The molecule has 0 aliphatic carbocycles. The van der Waals surface area contributed by atoms with Crippen LogP contribution < -0.4 is 5.32 Å². The van der Waals surface area contributed by atoms with E-state index in [0.717, 1.165) is 16.7 Å². The standard InChI is InChI=1S/C19H21NO2/c1-14(15-10-6-5-7-11-15)16-12-8-9-13-17(16)20-18(21)22-19(2,3)4/h5-13H,1H2,2-4H3,(H,20,21). The lowest BCUT2D eigenvalue weighted by atomic mass is 9.98. The maximum absolute atomic E-state index is 12.0. The minimum atomic E-state index is -0.532. The summed E-state index contributed by atoms with van der Waals surface area (Å²) >= 11 is 0. The predicted molar refractivity (Wildman–Crippen MR) is 90.9 cm³/mol. The Morgan fingerprint density at radius 2 is 1.59 bits per heavy atom. The second kappa shape index (κ2) is 6.48. The van der Waals surface area contributed by atoms with E-state index in [1.54, 1.807) is 0 Å². The molecule has 1 N–H and O–H groups in total. The predicted octanol–water partition coefficient (Wildman–Crippen LogP) is 5.10. The van der Waals surface area contributed by atoms with Gasteiger partial charge in [0.1, 0.15) is 5.60 Å². The van der Waals surface area contributed by atoms with Crippen molar-refractivity contribution in [2.24, 2.45) is 0 Å². The lowest BCUT2D eigenvalue weighted by molar-refractivity contribution is 0.0636. The highest BCUT2D eigenvalue weighted by Gasteiger charge is 2.17. The number of hydrogen-bond acceptors (Lipinski definition) is 2. The molecule has 0 heterocycles. The third kappa shape index (κ3) is 4.22. The van der Waals surface area contributed by atoms with E-state index in [2.05, 4.69) is 11.9 Å². The minimum Gasteiger partial charge on any atom is -0.444 e. The van der Waals surface area contributed by atoms with Crippen molar-refractivity contribution in [2.45, 2.75) is 26.4 Å². The Labute approximate surface area is 131 Å². The van der Waals surface area contributed by atoms with Gasteiger partial charge in [0.2, 0.25) is 0 Å². The summed E-state index contributed by atoms with van der Waals surface area (Å²) in [6.07, 6.45) is -0.471. The molecule has 2 aromatic carbocycles. The maximum atomic E-state index is 12.0. The summed E-state index contributed by atoms with van der Waals surface area (Å²) in [5.41, 5.74) is 2.90. The molecule has 114 valence electrons. The fourth-order valence-electron chi connectivity index (χ4n) is 2.06.